The topological polar surface area (TPSA) is 63.7 Å². The van der Waals surface area contributed by atoms with E-state index in [4.69, 9.17) is 4.74 Å². The highest BCUT2D eigenvalue weighted by atomic mass is 32.2. The van der Waals surface area contributed by atoms with Crippen LogP contribution in [0.15, 0.2) is 0 Å². The van der Waals surface area contributed by atoms with Gasteiger partial charge in [0.1, 0.15) is 6.04 Å². The quantitative estimate of drug-likeness (QED) is 0.705. The Labute approximate surface area is 158 Å². The number of fused-ring (bicyclic) bond motifs is 1. The third-order valence-electron chi connectivity index (χ3n) is 7.69. The van der Waals surface area contributed by atoms with Crippen molar-refractivity contribution in [3.8, 4) is 0 Å². The van der Waals surface area contributed by atoms with Gasteiger partial charge >= 0.3 is 5.97 Å². The number of ether oxygens (including phenoxy) is 1. The van der Waals surface area contributed by atoms with Crippen molar-refractivity contribution in [3.63, 3.8) is 0 Å². The van der Waals surface area contributed by atoms with E-state index in [-0.39, 0.29) is 28.6 Å². The summed E-state index contributed by atoms with van der Waals surface area (Å²) in [5, 5.41) is 0. The van der Waals surface area contributed by atoms with Crippen molar-refractivity contribution < 1.29 is 19.1 Å². The van der Waals surface area contributed by atoms with Crippen LogP contribution in [0, 0.1) is 23.2 Å². The number of thioether (sulfide) groups is 1. The number of Topliss-reactive ketones (excluding diaryl/α,β-unsaturated/α-hetero) is 1. The summed E-state index contributed by atoms with van der Waals surface area (Å²) < 4.78 is 5.48. The number of nitrogens with zero attached hydrogens (tertiary/aromatic N) is 1. The lowest BCUT2D eigenvalue weighted by atomic mass is 9.48. The van der Waals surface area contributed by atoms with Gasteiger partial charge in [0, 0.05) is 17.6 Å². The molecule has 1 amide bonds. The highest BCUT2D eigenvalue weighted by Crippen LogP contribution is 2.60. The summed E-state index contributed by atoms with van der Waals surface area (Å²) >= 11 is 1.66. The van der Waals surface area contributed by atoms with Crippen molar-refractivity contribution in [2.75, 3.05) is 12.4 Å². The standard InChI is InChI=1S/C20H27NO4S/c1-19-3-2-17(23)21(19)15(11-26-19)18(24)25-10-16(22)20-7-12-4-13(8-20)6-14(5-12)9-20/h12-15H,2-11H2,1H3. The van der Waals surface area contributed by atoms with E-state index < -0.39 is 12.0 Å². The van der Waals surface area contributed by atoms with E-state index in [2.05, 4.69) is 0 Å². The maximum atomic E-state index is 13.0. The lowest BCUT2D eigenvalue weighted by molar-refractivity contribution is -0.162. The van der Waals surface area contributed by atoms with Crippen molar-refractivity contribution in [3.05, 3.63) is 0 Å². The summed E-state index contributed by atoms with van der Waals surface area (Å²) in [6.45, 7) is 1.92. The number of carbonyl (C=O) groups excluding carboxylic acids is 3. The molecule has 2 unspecified atom stereocenters. The first-order chi connectivity index (χ1) is 12.4. The zero-order chi connectivity index (χ0) is 18.1. The number of amides is 1. The van der Waals surface area contributed by atoms with Crippen LogP contribution >= 0.6 is 11.8 Å². The summed E-state index contributed by atoms with van der Waals surface area (Å²) in [5.41, 5.74) is -0.225. The molecule has 0 spiro atoms. The van der Waals surface area contributed by atoms with Gasteiger partial charge in [0.05, 0.1) is 4.87 Å². The van der Waals surface area contributed by atoms with Crippen molar-refractivity contribution in [2.24, 2.45) is 23.2 Å². The summed E-state index contributed by atoms with van der Waals surface area (Å²) in [4.78, 5) is 39.2. The molecule has 6 aliphatic rings. The molecule has 4 aliphatic carbocycles. The van der Waals surface area contributed by atoms with E-state index >= 15 is 0 Å². The first kappa shape index (κ1) is 17.1. The van der Waals surface area contributed by atoms with Gasteiger partial charge in [-0.25, -0.2) is 4.79 Å². The van der Waals surface area contributed by atoms with Crippen molar-refractivity contribution in [1.29, 1.82) is 0 Å². The zero-order valence-corrected chi connectivity index (χ0v) is 16.2. The number of esters is 1. The second-order valence-corrected chi connectivity index (χ2v) is 11.0. The Morgan fingerprint density at radius 1 is 1.15 bits per heavy atom. The molecular formula is C20H27NO4S. The maximum absolute atomic E-state index is 13.0. The maximum Gasteiger partial charge on any atom is 0.330 e. The van der Waals surface area contributed by atoms with E-state index in [1.54, 1.807) is 16.7 Å². The molecule has 142 valence electrons. The third-order valence-corrected chi connectivity index (χ3v) is 9.20. The SMILES string of the molecule is CC12CCC(=O)N1C(C(=O)OCC(=O)C13CC4CC(CC(C4)C1)C3)CS2. The molecule has 4 saturated carbocycles. The molecule has 6 heteroatoms. The minimum absolute atomic E-state index is 0.0341. The molecule has 2 atom stereocenters. The second-order valence-electron chi connectivity index (χ2n) is 9.49. The molecule has 2 saturated heterocycles. The van der Waals surface area contributed by atoms with Crippen molar-refractivity contribution in [2.45, 2.75) is 69.2 Å². The molecule has 0 radical (unpaired) electrons. The van der Waals surface area contributed by atoms with Crippen LogP contribution in [0.4, 0.5) is 0 Å². The molecule has 0 aromatic carbocycles. The Hall–Kier alpha value is -1.04. The molecule has 0 N–H and O–H groups in total. The minimum atomic E-state index is -0.524. The largest absolute Gasteiger partial charge is 0.456 e. The van der Waals surface area contributed by atoms with Gasteiger partial charge in [0.15, 0.2) is 12.4 Å². The molecule has 26 heavy (non-hydrogen) atoms. The highest BCUT2D eigenvalue weighted by molar-refractivity contribution is 8.01. The summed E-state index contributed by atoms with van der Waals surface area (Å²) in [6.07, 6.45) is 8.15. The summed E-state index contributed by atoms with van der Waals surface area (Å²) in [7, 11) is 0. The van der Waals surface area contributed by atoms with E-state index in [0.29, 0.717) is 29.9 Å². The molecule has 0 aromatic rings. The number of hydrogen-bond donors (Lipinski definition) is 0. The predicted octanol–water partition coefficient (Wildman–Crippen LogP) is 2.77. The van der Waals surface area contributed by atoms with Crippen LogP contribution in [0.2, 0.25) is 0 Å². The Balaban J connectivity index is 1.23. The Bertz CT molecular complexity index is 641. The minimum Gasteiger partial charge on any atom is -0.456 e. The lowest BCUT2D eigenvalue weighted by Crippen LogP contribution is -2.51. The smallest absolute Gasteiger partial charge is 0.330 e. The van der Waals surface area contributed by atoms with Gasteiger partial charge in [-0.3, -0.25) is 9.59 Å². The Kier molecular flexibility index (Phi) is 3.76. The van der Waals surface area contributed by atoms with Crippen LogP contribution in [-0.4, -0.2) is 45.8 Å². The molecule has 0 aromatic heterocycles. The third kappa shape index (κ3) is 2.47. The van der Waals surface area contributed by atoms with Crippen LogP contribution in [0.5, 0.6) is 0 Å². The fourth-order valence-electron chi connectivity index (χ4n) is 6.83. The fourth-order valence-corrected chi connectivity index (χ4v) is 8.25. The van der Waals surface area contributed by atoms with E-state index in [1.807, 2.05) is 6.92 Å². The molecule has 2 heterocycles. The highest BCUT2D eigenvalue weighted by Gasteiger charge is 2.56. The second kappa shape index (κ2) is 5.73. The fraction of sp³-hybridized carbons (Fsp3) is 0.850. The molecule has 2 aliphatic heterocycles. The van der Waals surface area contributed by atoms with E-state index in [1.165, 1.54) is 19.3 Å². The van der Waals surface area contributed by atoms with Gasteiger partial charge in [0.2, 0.25) is 5.91 Å². The number of carbonyl (C=O) groups is 3. The van der Waals surface area contributed by atoms with Crippen LogP contribution in [0.3, 0.4) is 0 Å². The molecule has 5 nitrogen and oxygen atoms in total. The van der Waals surface area contributed by atoms with Gasteiger partial charge in [0.25, 0.3) is 0 Å². The normalized spacial score (nSPS) is 45.9. The van der Waals surface area contributed by atoms with Gasteiger partial charge in [-0.05, 0) is 69.6 Å². The number of ketones is 1. The Morgan fingerprint density at radius 3 is 2.38 bits per heavy atom. The summed E-state index contributed by atoms with van der Waals surface area (Å²) in [5.74, 6) is 2.46. The van der Waals surface area contributed by atoms with E-state index in [0.717, 1.165) is 25.7 Å². The first-order valence-electron chi connectivity index (χ1n) is 10.0. The average Bonchev–Trinajstić information content (AvgIpc) is 3.07. The number of hydrogen-bond acceptors (Lipinski definition) is 5. The van der Waals surface area contributed by atoms with Crippen molar-refractivity contribution >= 4 is 29.4 Å². The van der Waals surface area contributed by atoms with Crippen LogP contribution in [0.25, 0.3) is 0 Å². The number of rotatable bonds is 4. The molecular weight excluding hydrogens is 350 g/mol. The van der Waals surface area contributed by atoms with Gasteiger partial charge in [-0.1, -0.05) is 0 Å². The Morgan fingerprint density at radius 2 is 1.77 bits per heavy atom. The van der Waals surface area contributed by atoms with Gasteiger partial charge < -0.3 is 9.64 Å². The van der Waals surface area contributed by atoms with Crippen LogP contribution in [-0.2, 0) is 19.1 Å². The predicted molar refractivity (Wildman–Crippen MR) is 97.3 cm³/mol. The zero-order valence-electron chi connectivity index (χ0n) is 15.4. The van der Waals surface area contributed by atoms with Crippen molar-refractivity contribution in [1.82, 2.24) is 4.90 Å². The molecule has 4 bridgehead atoms. The lowest BCUT2D eigenvalue weighted by Gasteiger charge is -2.55. The van der Waals surface area contributed by atoms with Gasteiger partial charge in [-0.15, -0.1) is 11.8 Å². The van der Waals surface area contributed by atoms with Gasteiger partial charge in [-0.2, -0.15) is 0 Å². The molecule has 6 fully saturated rings. The van der Waals surface area contributed by atoms with Crippen LogP contribution in [0.1, 0.15) is 58.3 Å². The average molecular weight is 378 g/mol. The van der Waals surface area contributed by atoms with E-state index in [9.17, 15) is 14.4 Å². The van der Waals surface area contributed by atoms with Crippen LogP contribution < -0.4 is 0 Å². The molecule has 6 rings (SSSR count). The monoisotopic (exact) mass is 377 g/mol. The summed E-state index contributed by atoms with van der Waals surface area (Å²) in [6, 6.07) is -0.524. The first-order valence-corrected chi connectivity index (χ1v) is 11.0.